The Morgan fingerprint density at radius 1 is 0.893 bits per heavy atom. The van der Waals surface area contributed by atoms with Gasteiger partial charge in [0.2, 0.25) is 0 Å². The zero-order valence-electron chi connectivity index (χ0n) is 14.7. The minimum Gasteiger partial charge on any atom is -0.284 e. The first-order chi connectivity index (χ1) is 13.5. The van der Waals surface area contributed by atoms with E-state index in [1.165, 1.54) is 11.6 Å². The highest BCUT2D eigenvalue weighted by Crippen LogP contribution is 2.25. The van der Waals surface area contributed by atoms with Crippen LogP contribution < -0.4 is 4.72 Å². The molecule has 1 aliphatic rings. The molecule has 28 heavy (non-hydrogen) atoms. The first kappa shape index (κ1) is 18.3. The first-order valence-corrected chi connectivity index (χ1v) is 10.1. The Balaban J connectivity index is 1.70. The molecular formula is C21H16F2N2O2S. The fraction of sp³-hybridized carbons (Fsp3) is 0.0952. The molecule has 0 fully saturated rings. The van der Waals surface area contributed by atoms with Crippen LogP contribution in [0.3, 0.4) is 0 Å². The van der Waals surface area contributed by atoms with Gasteiger partial charge in [0.1, 0.15) is 11.6 Å². The van der Waals surface area contributed by atoms with Gasteiger partial charge in [-0.15, -0.1) is 0 Å². The van der Waals surface area contributed by atoms with E-state index in [2.05, 4.69) is 9.71 Å². The number of nitrogens with one attached hydrogen (secondary N) is 1. The van der Waals surface area contributed by atoms with Crippen molar-refractivity contribution in [3.05, 3.63) is 95.1 Å². The topological polar surface area (TPSA) is 58.5 Å². The number of rotatable bonds is 4. The van der Waals surface area contributed by atoms with Gasteiger partial charge < -0.3 is 0 Å². The van der Waals surface area contributed by atoms with Crippen molar-refractivity contribution in [3.63, 3.8) is 0 Å². The van der Waals surface area contributed by atoms with E-state index in [9.17, 15) is 17.2 Å². The molecule has 1 aliphatic heterocycles. The molecule has 0 aliphatic carbocycles. The molecule has 0 unspecified atom stereocenters. The Bertz CT molecular complexity index is 1170. The van der Waals surface area contributed by atoms with Crippen molar-refractivity contribution in [1.29, 1.82) is 0 Å². The van der Waals surface area contributed by atoms with E-state index in [0.717, 1.165) is 41.5 Å². The van der Waals surface area contributed by atoms with Gasteiger partial charge in [-0.05, 0) is 36.2 Å². The van der Waals surface area contributed by atoms with Gasteiger partial charge in [0.25, 0.3) is 10.0 Å². The molecular weight excluding hydrogens is 382 g/mol. The van der Waals surface area contributed by atoms with Gasteiger partial charge >= 0.3 is 0 Å². The van der Waals surface area contributed by atoms with Gasteiger partial charge in [-0.25, -0.2) is 17.2 Å². The van der Waals surface area contributed by atoms with Crippen LogP contribution in [-0.4, -0.2) is 20.7 Å². The first-order valence-electron chi connectivity index (χ1n) is 8.66. The fourth-order valence-corrected chi connectivity index (χ4v) is 4.45. The number of hydrogen-bond acceptors (Lipinski definition) is 3. The maximum Gasteiger partial charge on any atom is 0.267 e. The monoisotopic (exact) mass is 398 g/mol. The van der Waals surface area contributed by atoms with Crippen LogP contribution in [0.2, 0.25) is 0 Å². The minimum atomic E-state index is -4.42. The van der Waals surface area contributed by atoms with E-state index >= 15 is 0 Å². The van der Waals surface area contributed by atoms with Crippen LogP contribution in [0.5, 0.6) is 0 Å². The molecule has 0 aromatic heterocycles. The van der Waals surface area contributed by atoms with Crippen LogP contribution in [0.25, 0.3) is 0 Å². The molecule has 0 saturated carbocycles. The average molecular weight is 398 g/mol. The minimum absolute atomic E-state index is 0.200. The number of hydrogen-bond donors (Lipinski definition) is 1. The summed E-state index contributed by atoms with van der Waals surface area (Å²) in [5.41, 5.74) is 3.85. The number of aliphatic imine (C=N–C) groups is 1. The van der Waals surface area contributed by atoms with Crippen LogP contribution in [-0.2, 0) is 16.4 Å². The predicted octanol–water partition coefficient (Wildman–Crippen LogP) is 4.16. The zero-order chi connectivity index (χ0) is 19.7. The summed E-state index contributed by atoms with van der Waals surface area (Å²) >= 11 is 0. The van der Waals surface area contributed by atoms with Crippen LogP contribution >= 0.6 is 0 Å². The molecule has 0 saturated heterocycles. The number of benzene rings is 3. The number of halogens is 2. The quantitative estimate of drug-likeness (QED) is 0.718. The molecule has 1 N–H and O–H groups in total. The van der Waals surface area contributed by atoms with Crippen LogP contribution in [0.1, 0.15) is 16.7 Å². The molecule has 0 radical (unpaired) electrons. The van der Waals surface area contributed by atoms with Gasteiger partial charge in [0, 0.05) is 23.4 Å². The largest absolute Gasteiger partial charge is 0.284 e. The van der Waals surface area contributed by atoms with E-state index < -0.39 is 26.6 Å². The number of anilines is 1. The molecule has 0 spiro atoms. The Labute approximate surface area is 161 Å². The maximum absolute atomic E-state index is 13.9. The van der Waals surface area contributed by atoms with Crippen molar-refractivity contribution in [2.24, 2.45) is 4.99 Å². The Morgan fingerprint density at radius 3 is 2.39 bits per heavy atom. The standard InChI is InChI=1S/C21H16F2N2O2S/c22-18-9-4-10-19(23)21(18)28(26,27)25-16-7-3-6-15(13-16)20-17-8-2-1-5-14(17)11-12-24-20/h1-10,13,25H,11-12H2. The third-order valence-electron chi connectivity index (χ3n) is 4.50. The Kier molecular flexibility index (Phi) is 4.68. The Hall–Kier alpha value is -3.06. The lowest BCUT2D eigenvalue weighted by atomic mass is 9.93. The molecule has 142 valence electrons. The predicted molar refractivity (Wildman–Crippen MR) is 104 cm³/mol. The summed E-state index contributed by atoms with van der Waals surface area (Å²) in [6.45, 7) is 0.642. The molecule has 1 heterocycles. The number of nitrogens with zero attached hydrogens (tertiary/aromatic N) is 1. The van der Waals surface area contributed by atoms with Crippen molar-refractivity contribution in [2.45, 2.75) is 11.3 Å². The van der Waals surface area contributed by atoms with Gasteiger partial charge in [-0.2, -0.15) is 0 Å². The van der Waals surface area contributed by atoms with Crippen molar-refractivity contribution in [1.82, 2.24) is 0 Å². The summed E-state index contributed by atoms with van der Waals surface area (Å²) in [6, 6.07) is 17.4. The summed E-state index contributed by atoms with van der Waals surface area (Å²) in [5.74, 6) is -2.29. The second kappa shape index (κ2) is 7.16. The highest BCUT2D eigenvalue weighted by molar-refractivity contribution is 7.92. The van der Waals surface area contributed by atoms with Crippen molar-refractivity contribution >= 4 is 21.4 Å². The van der Waals surface area contributed by atoms with Crippen molar-refractivity contribution in [2.75, 3.05) is 11.3 Å². The lowest BCUT2D eigenvalue weighted by Crippen LogP contribution is -2.17. The van der Waals surface area contributed by atoms with E-state index in [4.69, 9.17) is 0 Å². The molecule has 0 bridgehead atoms. The van der Waals surface area contributed by atoms with E-state index in [1.807, 2.05) is 30.3 Å². The van der Waals surface area contributed by atoms with Crippen LogP contribution in [0.15, 0.2) is 76.6 Å². The van der Waals surface area contributed by atoms with Crippen molar-refractivity contribution in [3.8, 4) is 0 Å². The summed E-state index contributed by atoms with van der Waals surface area (Å²) in [4.78, 5) is 3.59. The molecule has 3 aromatic rings. The Morgan fingerprint density at radius 2 is 1.61 bits per heavy atom. The number of sulfonamides is 1. The second-order valence-electron chi connectivity index (χ2n) is 6.37. The lowest BCUT2D eigenvalue weighted by molar-refractivity contribution is 0.521. The summed E-state index contributed by atoms with van der Waals surface area (Å²) in [7, 11) is -4.42. The van der Waals surface area contributed by atoms with Gasteiger partial charge in [0.15, 0.2) is 4.90 Å². The highest BCUT2D eigenvalue weighted by Gasteiger charge is 2.24. The third-order valence-corrected chi connectivity index (χ3v) is 5.93. The third kappa shape index (κ3) is 3.41. The fourth-order valence-electron chi connectivity index (χ4n) is 3.26. The highest BCUT2D eigenvalue weighted by atomic mass is 32.2. The normalized spacial score (nSPS) is 13.6. The smallest absolute Gasteiger partial charge is 0.267 e. The average Bonchev–Trinajstić information content (AvgIpc) is 2.67. The van der Waals surface area contributed by atoms with Gasteiger partial charge in [0.05, 0.1) is 5.71 Å². The molecule has 7 heteroatoms. The molecule has 3 aromatic carbocycles. The van der Waals surface area contributed by atoms with Crippen LogP contribution in [0, 0.1) is 11.6 Å². The summed E-state index contributed by atoms with van der Waals surface area (Å²) < 4.78 is 55.1. The molecule has 4 rings (SSSR count). The zero-order valence-corrected chi connectivity index (χ0v) is 15.5. The van der Waals surface area contributed by atoms with E-state index in [0.29, 0.717) is 6.54 Å². The summed E-state index contributed by atoms with van der Waals surface area (Å²) in [6.07, 6.45) is 0.846. The maximum atomic E-state index is 13.9. The van der Waals surface area contributed by atoms with Gasteiger partial charge in [-0.1, -0.05) is 42.5 Å². The van der Waals surface area contributed by atoms with E-state index in [-0.39, 0.29) is 5.69 Å². The van der Waals surface area contributed by atoms with Gasteiger partial charge in [-0.3, -0.25) is 9.71 Å². The SMILES string of the molecule is O=S(=O)(Nc1cccc(C2=NCCc3ccccc32)c1)c1c(F)cccc1F. The summed E-state index contributed by atoms with van der Waals surface area (Å²) in [5, 5.41) is 0. The van der Waals surface area contributed by atoms with Crippen LogP contribution in [0.4, 0.5) is 14.5 Å². The molecule has 4 nitrogen and oxygen atoms in total. The molecule has 0 atom stereocenters. The number of fused-ring (bicyclic) bond motifs is 1. The van der Waals surface area contributed by atoms with E-state index in [1.54, 1.807) is 12.1 Å². The van der Waals surface area contributed by atoms with Crippen molar-refractivity contribution < 1.29 is 17.2 Å². The molecule has 0 amide bonds. The lowest BCUT2D eigenvalue weighted by Gasteiger charge is -2.18. The second-order valence-corrected chi connectivity index (χ2v) is 7.99.